The number of anilines is 2. The fraction of sp³-hybridized carbons (Fsp3) is 0.263. The molecule has 2 aromatic rings. The standard InChI is InChI=1S/C19H19BrClN3O2/c20-13-5-6-15(21)14(11-13)19(26)23-16-3-1-2-4-17(16)24-9-7-12(8-10-24)18(22)25/h1-6,11-12H,7-10H2,(H2,22,25)(H,23,26). The van der Waals surface area contributed by atoms with Crippen LogP contribution < -0.4 is 16.0 Å². The Labute approximate surface area is 165 Å². The maximum atomic E-state index is 12.7. The first kappa shape index (κ1) is 18.7. The molecule has 2 aromatic carbocycles. The molecular weight excluding hydrogens is 418 g/mol. The van der Waals surface area contributed by atoms with Gasteiger partial charge in [-0.3, -0.25) is 9.59 Å². The number of nitrogens with one attached hydrogen (secondary N) is 1. The van der Waals surface area contributed by atoms with Crippen LogP contribution in [0.1, 0.15) is 23.2 Å². The molecule has 2 amide bonds. The summed E-state index contributed by atoms with van der Waals surface area (Å²) in [5.41, 5.74) is 7.45. The molecule has 0 unspecified atom stereocenters. The normalized spacial score (nSPS) is 14.9. The van der Waals surface area contributed by atoms with Crippen molar-refractivity contribution in [2.24, 2.45) is 11.7 Å². The lowest BCUT2D eigenvalue weighted by Crippen LogP contribution is -2.38. The van der Waals surface area contributed by atoms with Crippen LogP contribution >= 0.6 is 27.5 Å². The van der Waals surface area contributed by atoms with Crippen LogP contribution in [0.3, 0.4) is 0 Å². The summed E-state index contributed by atoms with van der Waals surface area (Å²) in [6, 6.07) is 12.8. The first-order valence-electron chi connectivity index (χ1n) is 8.35. The lowest BCUT2D eigenvalue weighted by molar-refractivity contribution is -0.122. The van der Waals surface area contributed by atoms with Crippen LogP contribution in [0, 0.1) is 5.92 Å². The number of carbonyl (C=O) groups excluding carboxylic acids is 2. The van der Waals surface area contributed by atoms with Crippen molar-refractivity contribution >= 4 is 50.7 Å². The number of carbonyl (C=O) groups is 2. The predicted octanol–water partition coefficient (Wildman–Crippen LogP) is 4.06. The van der Waals surface area contributed by atoms with Crippen molar-refractivity contribution in [3.63, 3.8) is 0 Å². The zero-order chi connectivity index (χ0) is 18.7. The molecule has 3 rings (SSSR count). The van der Waals surface area contributed by atoms with E-state index in [0.717, 1.165) is 36.1 Å². The minimum absolute atomic E-state index is 0.0755. The third-order valence-electron chi connectivity index (χ3n) is 4.56. The van der Waals surface area contributed by atoms with Gasteiger partial charge in [0.15, 0.2) is 0 Å². The summed E-state index contributed by atoms with van der Waals surface area (Å²) >= 11 is 9.52. The van der Waals surface area contributed by atoms with E-state index >= 15 is 0 Å². The Hall–Kier alpha value is -2.05. The van der Waals surface area contributed by atoms with E-state index in [2.05, 4.69) is 26.1 Å². The SMILES string of the molecule is NC(=O)C1CCN(c2ccccc2NC(=O)c2cc(Br)ccc2Cl)CC1. The second kappa shape index (κ2) is 8.10. The van der Waals surface area contributed by atoms with Gasteiger partial charge in [-0.1, -0.05) is 39.7 Å². The molecule has 0 bridgehead atoms. The summed E-state index contributed by atoms with van der Waals surface area (Å²) in [5.74, 6) is -0.584. The molecule has 1 aliphatic heterocycles. The van der Waals surface area contributed by atoms with Gasteiger partial charge in [-0.15, -0.1) is 0 Å². The van der Waals surface area contributed by atoms with Crippen molar-refractivity contribution in [2.45, 2.75) is 12.8 Å². The highest BCUT2D eigenvalue weighted by Crippen LogP contribution is 2.31. The van der Waals surface area contributed by atoms with Crippen LogP contribution in [-0.2, 0) is 4.79 Å². The molecule has 0 spiro atoms. The van der Waals surface area contributed by atoms with Crippen LogP contribution in [0.4, 0.5) is 11.4 Å². The van der Waals surface area contributed by atoms with Gasteiger partial charge in [-0.25, -0.2) is 0 Å². The Kier molecular flexibility index (Phi) is 5.84. The van der Waals surface area contributed by atoms with Crippen LogP contribution in [0.5, 0.6) is 0 Å². The number of hydrogen-bond donors (Lipinski definition) is 2. The second-order valence-electron chi connectivity index (χ2n) is 6.26. The quantitative estimate of drug-likeness (QED) is 0.759. The number of benzene rings is 2. The minimum Gasteiger partial charge on any atom is -0.370 e. The summed E-state index contributed by atoms with van der Waals surface area (Å²) < 4.78 is 0.786. The van der Waals surface area contributed by atoms with E-state index < -0.39 is 0 Å². The fourth-order valence-corrected chi connectivity index (χ4v) is 3.69. The summed E-state index contributed by atoms with van der Waals surface area (Å²) in [7, 11) is 0. The van der Waals surface area contributed by atoms with E-state index in [-0.39, 0.29) is 17.7 Å². The molecule has 7 heteroatoms. The first-order valence-corrected chi connectivity index (χ1v) is 9.52. The number of hydrogen-bond acceptors (Lipinski definition) is 3. The van der Waals surface area contributed by atoms with Gasteiger partial charge in [0.1, 0.15) is 0 Å². The zero-order valence-electron chi connectivity index (χ0n) is 14.0. The van der Waals surface area contributed by atoms with Crippen molar-refractivity contribution < 1.29 is 9.59 Å². The topological polar surface area (TPSA) is 75.4 Å². The molecule has 26 heavy (non-hydrogen) atoms. The molecule has 0 aliphatic carbocycles. The molecule has 5 nitrogen and oxygen atoms in total. The van der Waals surface area contributed by atoms with E-state index in [1.54, 1.807) is 18.2 Å². The van der Waals surface area contributed by atoms with Gasteiger partial charge in [0.25, 0.3) is 5.91 Å². The zero-order valence-corrected chi connectivity index (χ0v) is 16.4. The van der Waals surface area contributed by atoms with Crippen molar-refractivity contribution in [3.05, 3.63) is 57.5 Å². The Morgan fingerprint density at radius 1 is 1.15 bits per heavy atom. The molecule has 0 atom stereocenters. The van der Waals surface area contributed by atoms with Crippen molar-refractivity contribution in [1.82, 2.24) is 0 Å². The number of piperidine rings is 1. The summed E-state index contributed by atoms with van der Waals surface area (Å²) in [4.78, 5) is 26.2. The van der Waals surface area contributed by atoms with Gasteiger partial charge in [-0.05, 0) is 43.2 Å². The molecular formula is C19H19BrClN3O2. The molecule has 1 fully saturated rings. The molecule has 0 aromatic heterocycles. The maximum absolute atomic E-state index is 12.7. The number of para-hydroxylation sites is 2. The maximum Gasteiger partial charge on any atom is 0.257 e. The lowest BCUT2D eigenvalue weighted by Gasteiger charge is -2.33. The lowest BCUT2D eigenvalue weighted by atomic mass is 9.96. The highest BCUT2D eigenvalue weighted by Gasteiger charge is 2.24. The van der Waals surface area contributed by atoms with Crippen LogP contribution in [0.2, 0.25) is 5.02 Å². The number of halogens is 2. The molecule has 1 heterocycles. The van der Waals surface area contributed by atoms with Gasteiger partial charge in [-0.2, -0.15) is 0 Å². The van der Waals surface area contributed by atoms with Crippen molar-refractivity contribution in [2.75, 3.05) is 23.3 Å². The van der Waals surface area contributed by atoms with Gasteiger partial charge in [0.05, 0.1) is 22.0 Å². The van der Waals surface area contributed by atoms with Crippen LogP contribution in [-0.4, -0.2) is 24.9 Å². The number of nitrogens with zero attached hydrogens (tertiary/aromatic N) is 1. The molecule has 0 saturated carbocycles. The number of primary amides is 1. The number of nitrogens with two attached hydrogens (primary N) is 1. The third-order valence-corrected chi connectivity index (χ3v) is 5.39. The summed E-state index contributed by atoms with van der Waals surface area (Å²) in [6.45, 7) is 1.44. The van der Waals surface area contributed by atoms with Gasteiger partial charge in [0.2, 0.25) is 5.91 Å². The molecule has 3 N–H and O–H groups in total. The minimum atomic E-state index is -0.268. The number of rotatable bonds is 4. The largest absolute Gasteiger partial charge is 0.370 e. The first-order chi connectivity index (χ1) is 12.5. The van der Waals surface area contributed by atoms with E-state index in [0.29, 0.717) is 16.3 Å². The van der Waals surface area contributed by atoms with Crippen LogP contribution in [0.15, 0.2) is 46.9 Å². The monoisotopic (exact) mass is 435 g/mol. The van der Waals surface area contributed by atoms with E-state index in [1.165, 1.54) is 0 Å². The van der Waals surface area contributed by atoms with E-state index in [9.17, 15) is 9.59 Å². The average Bonchev–Trinajstić information content (AvgIpc) is 2.64. The van der Waals surface area contributed by atoms with E-state index in [1.807, 2.05) is 24.3 Å². The summed E-state index contributed by atoms with van der Waals surface area (Å²) in [5, 5.41) is 3.34. The highest BCUT2D eigenvalue weighted by atomic mass is 79.9. The third kappa shape index (κ3) is 4.19. The van der Waals surface area contributed by atoms with Gasteiger partial charge < -0.3 is 16.0 Å². The smallest absolute Gasteiger partial charge is 0.257 e. The molecule has 0 radical (unpaired) electrons. The number of amides is 2. The van der Waals surface area contributed by atoms with Crippen molar-refractivity contribution in [3.8, 4) is 0 Å². The van der Waals surface area contributed by atoms with Crippen LogP contribution in [0.25, 0.3) is 0 Å². The van der Waals surface area contributed by atoms with Crippen molar-refractivity contribution in [1.29, 1.82) is 0 Å². The molecule has 136 valence electrons. The Morgan fingerprint density at radius 3 is 2.54 bits per heavy atom. The van der Waals surface area contributed by atoms with Gasteiger partial charge >= 0.3 is 0 Å². The summed E-state index contributed by atoms with van der Waals surface area (Å²) in [6.07, 6.45) is 1.43. The second-order valence-corrected chi connectivity index (χ2v) is 7.58. The Bertz CT molecular complexity index is 835. The van der Waals surface area contributed by atoms with E-state index in [4.69, 9.17) is 17.3 Å². The van der Waals surface area contributed by atoms with Gasteiger partial charge in [0, 0.05) is 23.5 Å². The Balaban J connectivity index is 1.79. The molecule has 1 saturated heterocycles. The molecule has 1 aliphatic rings. The predicted molar refractivity (Wildman–Crippen MR) is 108 cm³/mol. The highest BCUT2D eigenvalue weighted by molar-refractivity contribution is 9.10. The fourth-order valence-electron chi connectivity index (χ4n) is 3.12. The average molecular weight is 437 g/mol. The Morgan fingerprint density at radius 2 is 1.85 bits per heavy atom.